The molecule has 1 aliphatic heterocycles. The van der Waals surface area contributed by atoms with E-state index >= 15 is 0 Å². The maximum absolute atomic E-state index is 13.6. The quantitative estimate of drug-likeness (QED) is 0.925. The summed E-state index contributed by atoms with van der Waals surface area (Å²) in [7, 11) is 0. The van der Waals surface area contributed by atoms with Crippen LogP contribution in [0.5, 0.6) is 0 Å². The fraction of sp³-hybridized carbons (Fsp3) is 0.500. The maximum atomic E-state index is 13.6. The van der Waals surface area contributed by atoms with E-state index < -0.39 is 5.82 Å². The molecule has 0 saturated carbocycles. The monoisotopic (exact) mass is 285 g/mol. The van der Waals surface area contributed by atoms with Crippen LogP contribution >= 0.6 is 11.6 Å². The molecule has 1 fully saturated rings. The lowest BCUT2D eigenvalue weighted by Gasteiger charge is -2.25. The molecule has 1 N–H and O–H groups in total. The van der Waals surface area contributed by atoms with E-state index in [0.717, 1.165) is 6.42 Å². The first-order chi connectivity index (χ1) is 9.04. The van der Waals surface area contributed by atoms with Crippen molar-refractivity contribution in [1.29, 1.82) is 0 Å². The van der Waals surface area contributed by atoms with Crippen molar-refractivity contribution in [3.8, 4) is 0 Å². The number of amides is 1. The summed E-state index contributed by atoms with van der Waals surface area (Å²) in [6.07, 6.45) is 0.802. The van der Waals surface area contributed by atoms with Crippen molar-refractivity contribution in [2.24, 2.45) is 5.92 Å². The standard InChI is InChI=1S/C14H17ClFNO2/c1-9-5-6-17(13(9)8-18)14(19)7-10-11(15)3-2-4-12(10)16/h2-4,9,13,18H,5-8H2,1H3. The molecule has 1 saturated heterocycles. The third kappa shape index (κ3) is 2.90. The van der Waals surface area contributed by atoms with Crippen molar-refractivity contribution >= 4 is 17.5 Å². The number of nitrogens with zero attached hydrogens (tertiary/aromatic N) is 1. The number of carbonyl (C=O) groups excluding carboxylic acids is 1. The van der Waals surface area contributed by atoms with Crippen LogP contribution in [0, 0.1) is 11.7 Å². The van der Waals surface area contributed by atoms with E-state index in [-0.39, 0.29) is 41.5 Å². The van der Waals surface area contributed by atoms with Gasteiger partial charge in [-0.25, -0.2) is 4.39 Å². The van der Waals surface area contributed by atoms with Crippen LogP contribution in [0.4, 0.5) is 4.39 Å². The van der Waals surface area contributed by atoms with Gasteiger partial charge in [-0.15, -0.1) is 0 Å². The van der Waals surface area contributed by atoms with Crippen molar-refractivity contribution < 1.29 is 14.3 Å². The minimum absolute atomic E-state index is 0.0576. The van der Waals surface area contributed by atoms with E-state index in [4.69, 9.17) is 11.6 Å². The molecule has 1 aromatic carbocycles. The molecule has 3 nitrogen and oxygen atoms in total. The molecule has 2 unspecified atom stereocenters. The molecule has 1 aliphatic rings. The van der Waals surface area contributed by atoms with Gasteiger partial charge in [-0.05, 0) is 24.5 Å². The number of aliphatic hydroxyl groups is 1. The maximum Gasteiger partial charge on any atom is 0.227 e. The van der Waals surface area contributed by atoms with Crippen LogP contribution < -0.4 is 0 Å². The molecule has 2 rings (SSSR count). The summed E-state index contributed by atoms with van der Waals surface area (Å²) < 4.78 is 13.6. The number of carbonyl (C=O) groups is 1. The molecule has 0 aliphatic carbocycles. The first-order valence-corrected chi connectivity index (χ1v) is 6.75. The lowest BCUT2D eigenvalue weighted by atomic mass is 10.0. The second-order valence-electron chi connectivity index (χ2n) is 4.98. The number of hydrogen-bond acceptors (Lipinski definition) is 2. The van der Waals surface area contributed by atoms with E-state index in [1.165, 1.54) is 12.1 Å². The van der Waals surface area contributed by atoms with E-state index in [1.54, 1.807) is 11.0 Å². The Balaban J connectivity index is 2.13. The lowest BCUT2D eigenvalue weighted by molar-refractivity contribution is -0.132. The Morgan fingerprint density at radius 2 is 2.32 bits per heavy atom. The van der Waals surface area contributed by atoms with Gasteiger partial charge in [0.2, 0.25) is 5.91 Å². The molecule has 0 aromatic heterocycles. The first kappa shape index (κ1) is 14.3. The summed E-state index contributed by atoms with van der Waals surface area (Å²) in [6.45, 7) is 2.56. The van der Waals surface area contributed by atoms with Gasteiger partial charge in [-0.2, -0.15) is 0 Å². The third-order valence-electron chi connectivity index (χ3n) is 3.78. The van der Waals surface area contributed by atoms with Crippen LogP contribution in [0.3, 0.4) is 0 Å². The number of rotatable bonds is 3. The average molecular weight is 286 g/mol. The molecule has 2 atom stereocenters. The van der Waals surface area contributed by atoms with Crippen molar-refractivity contribution in [3.63, 3.8) is 0 Å². The molecule has 1 amide bonds. The van der Waals surface area contributed by atoms with Crippen LogP contribution in [0.2, 0.25) is 5.02 Å². The highest BCUT2D eigenvalue weighted by molar-refractivity contribution is 6.31. The van der Waals surface area contributed by atoms with Gasteiger partial charge < -0.3 is 10.0 Å². The molecule has 0 bridgehead atoms. The Morgan fingerprint density at radius 1 is 1.58 bits per heavy atom. The summed E-state index contributed by atoms with van der Waals surface area (Å²) in [4.78, 5) is 13.9. The predicted molar refractivity (Wildman–Crippen MR) is 71.5 cm³/mol. The normalized spacial score (nSPS) is 22.8. The summed E-state index contributed by atoms with van der Waals surface area (Å²) in [6, 6.07) is 4.21. The van der Waals surface area contributed by atoms with Gasteiger partial charge in [0, 0.05) is 17.1 Å². The lowest BCUT2D eigenvalue weighted by Crippen LogP contribution is -2.40. The van der Waals surface area contributed by atoms with Crippen molar-refractivity contribution in [3.05, 3.63) is 34.6 Å². The zero-order valence-electron chi connectivity index (χ0n) is 10.8. The summed E-state index contributed by atoms with van der Waals surface area (Å²) in [5, 5.41) is 9.60. The molecule has 5 heteroatoms. The minimum atomic E-state index is -0.464. The highest BCUT2D eigenvalue weighted by atomic mass is 35.5. The number of hydrogen-bond donors (Lipinski definition) is 1. The predicted octanol–water partition coefficient (Wildman–Crippen LogP) is 2.25. The summed E-state index contributed by atoms with van der Waals surface area (Å²) in [5.41, 5.74) is 0.227. The van der Waals surface area contributed by atoms with Crippen LogP contribution in [0.1, 0.15) is 18.9 Å². The van der Waals surface area contributed by atoms with Crippen LogP contribution in [-0.4, -0.2) is 35.1 Å². The van der Waals surface area contributed by atoms with E-state index in [2.05, 4.69) is 0 Å². The van der Waals surface area contributed by atoms with Gasteiger partial charge in [0.05, 0.1) is 19.1 Å². The van der Waals surface area contributed by atoms with Crippen molar-refractivity contribution in [2.75, 3.05) is 13.2 Å². The van der Waals surface area contributed by atoms with Gasteiger partial charge in [0.25, 0.3) is 0 Å². The SMILES string of the molecule is CC1CCN(C(=O)Cc2c(F)cccc2Cl)C1CO. The van der Waals surface area contributed by atoms with Gasteiger partial charge in [0.1, 0.15) is 5.82 Å². The molecule has 1 aromatic rings. The number of benzene rings is 1. The Labute approximate surface area is 117 Å². The Morgan fingerprint density at radius 3 is 2.95 bits per heavy atom. The largest absolute Gasteiger partial charge is 0.394 e. The van der Waals surface area contributed by atoms with Crippen LogP contribution in [0.15, 0.2) is 18.2 Å². The van der Waals surface area contributed by atoms with Gasteiger partial charge in [-0.1, -0.05) is 24.6 Å². The second-order valence-corrected chi connectivity index (χ2v) is 5.39. The van der Waals surface area contributed by atoms with Crippen LogP contribution in [-0.2, 0) is 11.2 Å². The second kappa shape index (κ2) is 5.88. The van der Waals surface area contributed by atoms with Gasteiger partial charge in [-0.3, -0.25) is 4.79 Å². The molecular formula is C14H17ClFNO2. The first-order valence-electron chi connectivity index (χ1n) is 6.37. The fourth-order valence-electron chi connectivity index (χ4n) is 2.55. The number of likely N-dealkylation sites (tertiary alicyclic amines) is 1. The van der Waals surface area contributed by atoms with Crippen molar-refractivity contribution in [2.45, 2.75) is 25.8 Å². The van der Waals surface area contributed by atoms with Gasteiger partial charge in [0.15, 0.2) is 0 Å². The highest BCUT2D eigenvalue weighted by Crippen LogP contribution is 2.26. The summed E-state index contributed by atoms with van der Waals surface area (Å²) in [5.74, 6) is -0.380. The summed E-state index contributed by atoms with van der Waals surface area (Å²) >= 11 is 5.92. The molecular weight excluding hydrogens is 269 g/mol. The van der Waals surface area contributed by atoms with Crippen molar-refractivity contribution in [1.82, 2.24) is 4.90 Å². The number of aliphatic hydroxyl groups excluding tert-OH is 1. The topological polar surface area (TPSA) is 40.5 Å². The number of halogens is 2. The Kier molecular flexibility index (Phi) is 4.42. The van der Waals surface area contributed by atoms with Gasteiger partial charge >= 0.3 is 0 Å². The fourth-order valence-corrected chi connectivity index (χ4v) is 2.78. The van der Waals surface area contributed by atoms with E-state index in [9.17, 15) is 14.3 Å². The Bertz CT molecular complexity index is 460. The molecule has 0 radical (unpaired) electrons. The van der Waals surface area contributed by atoms with E-state index in [1.807, 2.05) is 6.92 Å². The third-order valence-corrected chi connectivity index (χ3v) is 4.13. The highest BCUT2D eigenvalue weighted by Gasteiger charge is 2.34. The van der Waals surface area contributed by atoms with E-state index in [0.29, 0.717) is 6.54 Å². The molecule has 1 heterocycles. The molecule has 104 valence electrons. The minimum Gasteiger partial charge on any atom is -0.394 e. The zero-order valence-corrected chi connectivity index (χ0v) is 11.5. The molecule has 19 heavy (non-hydrogen) atoms. The smallest absolute Gasteiger partial charge is 0.227 e. The zero-order chi connectivity index (χ0) is 14.0. The average Bonchev–Trinajstić information content (AvgIpc) is 2.75. The molecule has 0 spiro atoms. The Hall–Kier alpha value is -1.13. The van der Waals surface area contributed by atoms with Crippen LogP contribution in [0.25, 0.3) is 0 Å².